The van der Waals surface area contributed by atoms with Crippen molar-refractivity contribution in [2.24, 2.45) is 11.8 Å². The summed E-state index contributed by atoms with van der Waals surface area (Å²) in [7, 11) is 3.44. The van der Waals surface area contributed by atoms with Gasteiger partial charge in [-0.25, -0.2) is 0 Å². The molecule has 0 aliphatic carbocycles. The van der Waals surface area contributed by atoms with Gasteiger partial charge in [-0.2, -0.15) is 0 Å². The van der Waals surface area contributed by atoms with Gasteiger partial charge in [0, 0.05) is 12.1 Å². The molecule has 6 nitrogen and oxygen atoms in total. The van der Waals surface area contributed by atoms with Crippen LogP contribution < -0.4 is 28.7 Å². The van der Waals surface area contributed by atoms with E-state index in [-0.39, 0.29) is 12.1 Å². The van der Waals surface area contributed by atoms with Gasteiger partial charge in [0.1, 0.15) is 23.0 Å². The Labute approximate surface area is 275 Å². The standard InChI is InChI=1S/C40H50N2O4/c1-25(2)23-45-37-15-11-13-35(43-9)39(37)29-17-19-31-33(21-29)41(27(5)6)32-20-18-30(22-34(32)42(31)28(7)8)40-36(44-10)14-12-16-38(40)46-24-26(3)4/h11-22,25-28H,23-24H2,1-10H3. The number of ether oxygens (including phenoxy) is 4. The Hall–Kier alpha value is -4.32. The smallest absolute Gasteiger partial charge is 0.130 e. The first kappa shape index (κ1) is 33.1. The molecule has 4 aromatic rings. The highest BCUT2D eigenvalue weighted by atomic mass is 16.5. The molecule has 0 bridgehead atoms. The van der Waals surface area contributed by atoms with Gasteiger partial charge in [0.2, 0.25) is 0 Å². The van der Waals surface area contributed by atoms with Crippen molar-refractivity contribution in [3.05, 3.63) is 72.8 Å². The van der Waals surface area contributed by atoms with Crippen LogP contribution in [0.5, 0.6) is 23.0 Å². The molecule has 1 heterocycles. The first-order valence-electron chi connectivity index (χ1n) is 16.5. The Bertz CT molecular complexity index is 1540. The zero-order chi connectivity index (χ0) is 33.1. The number of nitrogens with zero attached hydrogens (tertiary/aromatic N) is 2. The Morgan fingerprint density at radius 3 is 1.17 bits per heavy atom. The molecule has 0 amide bonds. The normalized spacial score (nSPS) is 12.6. The monoisotopic (exact) mass is 622 g/mol. The summed E-state index contributed by atoms with van der Waals surface area (Å²) in [5.74, 6) is 4.08. The third-order valence-electron chi connectivity index (χ3n) is 8.16. The Kier molecular flexibility index (Phi) is 10.0. The lowest BCUT2D eigenvalue weighted by atomic mass is 9.95. The number of methoxy groups -OCH3 is 2. The van der Waals surface area contributed by atoms with Crippen LogP contribution in [0.4, 0.5) is 22.7 Å². The van der Waals surface area contributed by atoms with Crippen molar-refractivity contribution in [1.29, 1.82) is 0 Å². The van der Waals surface area contributed by atoms with Gasteiger partial charge < -0.3 is 28.7 Å². The summed E-state index contributed by atoms with van der Waals surface area (Å²) in [5, 5.41) is 0. The predicted molar refractivity (Wildman–Crippen MR) is 192 cm³/mol. The van der Waals surface area contributed by atoms with Crippen molar-refractivity contribution >= 4 is 22.7 Å². The van der Waals surface area contributed by atoms with Crippen molar-refractivity contribution in [3.63, 3.8) is 0 Å². The molecular weight excluding hydrogens is 572 g/mol. The number of anilines is 4. The van der Waals surface area contributed by atoms with E-state index in [4.69, 9.17) is 18.9 Å². The van der Waals surface area contributed by atoms with Gasteiger partial charge in [-0.3, -0.25) is 0 Å². The SMILES string of the molecule is COc1cccc(OCC(C)C)c1-c1ccc2c(c1)N(C(C)C)c1ccc(-c3c(OC)cccc3OCC(C)C)cc1N2C(C)C. The van der Waals surface area contributed by atoms with E-state index in [2.05, 4.69) is 102 Å². The highest BCUT2D eigenvalue weighted by Gasteiger charge is 2.33. The topological polar surface area (TPSA) is 43.4 Å². The molecule has 1 aliphatic rings. The van der Waals surface area contributed by atoms with E-state index in [9.17, 15) is 0 Å². The molecule has 0 saturated heterocycles. The highest BCUT2D eigenvalue weighted by molar-refractivity contribution is 5.98. The van der Waals surface area contributed by atoms with E-state index in [0.29, 0.717) is 25.0 Å². The van der Waals surface area contributed by atoms with E-state index < -0.39 is 0 Å². The van der Waals surface area contributed by atoms with E-state index in [0.717, 1.165) is 68.0 Å². The molecular formula is C40H50N2O4. The average molecular weight is 623 g/mol. The summed E-state index contributed by atoms with van der Waals surface area (Å²) in [6, 6.07) is 25.9. The van der Waals surface area contributed by atoms with Crippen molar-refractivity contribution in [2.75, 3.05) is 37.2 Å². The molecule has 0 atom stereocenters. The van der Waals surface area contributed by atoms with Crippen LogP contribution in [0.2, 0.25) is 0 Å². The molecule has 5 rings (SSSR count). The van der Waals surface area contributed by atoms with Crippen molar-refractivity contribution in [1.82, 2.24) is 0 Å². The predicted octanol–water partition coefficient (Wildman–Crippen LogP) is 10.5. The number of benzene rings is 4. The maximum absolute atomic E-state index is 6.32. The molecule has 0 aromatic heterocycles. The first-order chi connectivity index (χ1) is 22.0. The summed E-state index contributed by atoms with van der Waals surface area (Å²) in [6.45, 7) is 18.9. The molecule has 244 valence electrons. The zero-order valence-electron chi connectivity index (χ0n) is 29.2. The Morgan fingerprint density at radius 1 is 0.478 bits per heavy atom. The molecule has 0 spiro atoms. The van der Waals surface area contributed by atoms with Crippen LogP contribution in [0.1, 0.15) is 55.4 Å². The van der Waals surface area contributed by atoms with Crippen LogP contribution in [-0.2, 0) is 0 Å². The lowest BCUT2D eigenvalue weighted by Crippen LogP contribution is -2.36. The number of fused-ring (bicyclic) bond motifs is 2. The highest BCUT2D eigenvalue weighted by Crippen LogP contribution is 2.53. The lowest BCUT2D eigenvalue weighted by molar-refractivity contribution is 0.271. The minimum absolute atomic E-state index is 0.207. The lowest BCUT2D eigenvalue weighted by Gasteiger charge is -2.44. The third kappa shape index (κ3) is 6.48. The summed E-state index contributed by atoms with van der Waals surface area (Å²) in [5.41, 5.74) is 8.69. The first-order valence-corrected chi connectivity index (χ1v) is 16.5. The van der Waals surface area contributed by atoms with Crippen LogP contribution >= 0.6 is 0 Å². The molecule has 0 N–H and O–H groups in total. The summed E-state index contributed by atoms with van der Waals surface area (Å²) < 4.78 is 24.4. The molecule has 6 heteroatoms. The minimum Gasteiger partial charge on any atom is -0.496 e. The minimum atomic E-state index is 0.207. The van der Waals surface area contributed by atoms with E-state index in [1.165, 1.54) is 0 Å². The number of rotatable bonds is 12. The van der Waals surface area contributed by atoms with Crippen LogP contribution in [0.3, 0.4) is 0 Å². The molecule has 0 fully saturated rings. The van der Waals surface area contributed by atoms with Crippen molar-refractivity contribution in [2.45, 2.75) is 67.5 Å². The fourth-order valence-electron chi connectivity index (χ4n) is 6.21. The molecule has 0 saturated carbocycles. The van der Waals surface area contributed by atoms with Crippen molar-refractivity contribution in [3.8, 4) is 45.3 Å². The van der Waals surface area contributed by atoms with Gasteiger partial charge in [0.05, 0.1) is 61.3 Å². The fourth-order valence-corrected chi connectivity index (χ4v) is 6.21. The molecule has 0 unspecified atom stereocenters. The third-order valence-corrected chi connectivity index (χ3v) is 8.16. The second-order valence-electron chi connectivity index (χ2n) is 13.4. The maximum Gasteiger partial charge on any atom is 0.130 e. The maximum atomic E-state index is 6.32. The van der Waals surface area contributed by atoms with Gasteiger partial charge in [0.15, 0.2) is 0 Å². The molecule has 46 heavy (non-hydrogen) atoms. The van der Waals surface area contributed by atoms with Gasteiger partial charge in [-0.15, -0.1) is 0 Å². The van der Waals surface area contributed by atoms with Gasteiger partial charge in [0.25, 0.3) is 0 Å². The largest absolute Gasteiger partial charge is 0.496 e. The van der Waals surface area contributed by atoms with Crippen LogP contribution in [0.15, 0.2) is 72.8 Å². The Balaban J connectivity index is 1.68. The van der Waals surface area contributed by atoms with E-state index in [1.807, 2.05) is 36.4 Å². The van der Waals surface area contributed by atoms with Gasteiger partial charge >= 0.3 is 0 Å². The quantitative estimate of drug-likeness (QED) is 0.157. The van der Waals surface area contributed by atoms with Crippen LogP contribution in [0.25, 0.3) is 22.3 Å². The van der Waals surface area contributed by atoms with E-state index in [1.54, 1.807) is 14.2 Å². The number of hydrogen-bond acceptors (Lipinski definition) is 6. The van der Waals surface area contributed by atoms with Gasteiger partial charge in [-0.1, -0.05) is 52.0 Å². The number of hydrogen-bond donors (Lipinski definition) is 0. The second kappa shape index (κ2) is 14.0. The Morgan fingerprint density at radius 2 is 0.848 bits per heavy atom. The summed E-state index contributed by atoms with van der Waals surface area (Å²) in [6.07, 6.45) is 0. The summed E-state index contributed by atoms with van der Waals surface area (Å²) in [4.78, 5) is 4.89. The zero-order valence-corrected chi connectivity index (χ0v) is 29.2. The van der Waals surface area contributed by atoms with Crippen LogP contribution in [0, 0.1) is 11.8 Å². The van der Waals surface area contributed by atoms with Crippen molar-refractivity contribution < 1.29 is 18.9 Å². The van der Waals surface area contributed by atoms with Gasteiger partial charge in [-0.05, 0) is 99.2 Å². The summed E-state index contributed by atoms with van der Waals surface area (Å²) >= 11 is 0. The molecule has 4 aromatic carbocycles. The molecule has 0 radical (unpaired) electrons. The second-order valence-corrected chi connectivity index (χ2v) is 13.4. The molecule has 1 aliphatic heterocycles. The van der Waals surface area contributed by atoms with E-state index >= 15 is 0 Å². The fraction of sp³-hybridized carbons (Fsp3) is 0.400. The van der Waals surface area contributed by atoms with Crippen LogP contribution in [-0.4, -0.2) is 39.5 Å². The average Bonchev–Trinajstić information content (AvgIpc) is 3.03.